The predicted molar refractivity (Wildman–Crippen MR) is 87.0 cm³/mol. The molecule has 10 nitrogen and oxygen atoms in total. The Morgan fingerprint density at radius 3 is 2.42 bits per heavy atom. The van der Waals surface area contributed by atoms with Gasteiger partial charge in [0.05, 0.1) is 17.1 Å². The summed E-state index contributed by atoms with van der Waals surface area (Å²) in [6.45, 7) is 4.50. The Morgan fingerprint density at radius 2 is 1.88 bits per heavy atom. The van der Waals surface area contributed by atoms with Crippen LogP contribution in [0.5, 0.6) is 0 Å². The lowest BCUT2D eigenvalue weighted by molar-refractivity contribution is -0.384. The molecule has 1 aromatic carbocycles. The minimum Gasteiger partial charge on any atom is -0.462 e. The highest BCUT2D eigenvalue weighted by Gasteiger charge is 2.39. The van der Waals surface area contributed by atoms with Gasteiger partial charge >= 0.3 is 17.9 Å². The first kappa shape index (κ1) is 18.9. The van der Waals surface area contributed by atoms with Gasteiger partial charge in [-0.2, -0.15) is 0 Å². The normalized spacial score (nSPS) is 15.6. The van der Waals surface area contributed by atoms with E-state index >= 15 is 0 Å². The first-order valence-corrected chi connectivity index (χ1v) is 7.53. The Hall–Kier alpha value is -3.43. The minimum atomic E-state index is -1.38. The smallest absolute Gasteiger partial charge is 0.350 e. The number of non-ortho nitro benzene ring substituents is 1. The van der Waals surface area contributed by atoms with Crippen LogP contribution in [0.15, 0.2) is 30.0 Å². The van der Waals surface area contributed by atoms with Crippen molar-refractivity contribution in [3.05, 3.63) is 45.6 Å². The topological polar surface area (TPSA) is 134 Å². The molecule has 0 atom stereocenters. The molecule has 1 aliphatic heterocycles. The van der Waals surface area contributed by atoms with Crippen molar-refractivity contribution in [3.8, 4) is 0 Å². The Morgan fingerprint density at radius 1 is 1.27 bits per heavy atom. The largest absolute Gasteiger partial charge is 0.462 e. The van der Waals surface area contributed by atoms with Gasteiger partial charge in [0.2, 0.25) is 0 Å². The second kappa shape index (κ2) is 7.21. The van der Waals surface area contributed by atoms with Gasteiger partial charge < -0.3 is 19.5 Å². The summed E-state index contributed by atoms with van der Waals surface area (Å²) >= 11 is 0. The average Bonchev–Trinajstić information content (AvgIpc) is 2.52. The van der Waals surface area contributed by atoms with Crippen LogP contribution in [0.25, 0.3) is 0 Å². The van der Waals surface area contributed by atoms with Crippen LogP contribution < -0.4 is 5.32 Å². The number of nitro benzene ring substituents is 1. The van der Waals surface area contributed by atoms with E-state index in [9.17, 15) is 24.5 Å². The summed E-state index contributed by atoms with van der Waals surface area (Å²) in [6.07, 6.45) is 0.994. The second-order valence-corrected chi connectivity index (χ2v) is 5.63. The van der Waals surface area contributed by atoms with Gasteiger partial charge in [-0.05, 0) is 13.0 Å². The van der Waals surface area contributed by atoms with Crippen LogP contribution in [-0.4, -0.2) is 35.2 Å². The molecule has 1 aliphatic rings. The van der Waals surface area contributed by atoms with E-state index in [1.54, 1.807) is 6.92 Å². The van der Waals surface area contributed by atoms with E-state index in [1.165, 1.54) is 19.9 Å². The molecule has 1 saturated heterocycles. The van der Waals surface area contributed by atoms with Crippen LogP contribution in [0, 0.1) is 10.1 Å². The van der Waals surface area contributed by atoms with Gasteiger partial charge in [0.15, 0.2) is 5.57 Å². The highest BCUT2D eigenvalue weighted by molar-refractivity contribution is 6.15. The maximum Gasteiger partial charge on any atom is 0.350 e. The van der Waals surface area contributed by atoms with Crippen molar-refractivity contribution in [3.63, 3.8) is 0 Å². The number of nitrogens with one attached hydrogen (secondary N) is 1. The molecule has 0 bridgehead atoms. The van der Waals surface area contributed by atoms with E-state index < -0.39 is 34.2 Å². The van der Waals surface area contributed by atoms with Crippen molar-refractivity contribution < 1.29 is 33.5 Å². The average molecular weight is 364 g/mol. The van der Waals surface area contributed by atoms with Crippen LogP contribution in [0.2, 0.25) is 0 Å². The molecule has 0 unspecified atom stereocenters. The molecule has 0 radical (unpaired) electrons. The molecule has 1 heterocycles. The molecule has 0 spiro atoms. The van der Waals surface area contributed by atoms with E-state index in [1.807, 2.05) is 0 Å². The Balaban J connectivity index is 2.31. The number of carbonyl (C=O) groups excluding carboxylic acids is 3. The molecular weight excluding hydrogens is 348 g/mol. The fourth-order valence-electron chi connectivity index (χ4n) is 2.07. The molecule has 10 heteroatoms. The van der Waals surface area contributed by atoms with Crippen molar-refractivity contribution in [2.75, 3.05) is 11.9 Å². The van der Waals surface area contributed by atoms with E-state index in [2.05, 4.69) is 5.32 Å². The van der Waals surface area contributed by atoms with Crippen LogP contribution in [0.4, 0.5) is 11.4 Å². The van der Waals surface area contributed by atoms with Crippen LogP contribution in [-0.2, 0) is 23.8 Å². The highest BCUT2D eigenvalue weighted by Crippen LogP contribution is 2.25. The zero-order valence-electron chi connectivity index (χ0n) is 14.2. The van der Waals surface area contributed by atoms with Crippen molar-refractivity contribution in [2.24, 2.45) is 0 Å². The van der Waals surface area contributed by atoms with Crippen molar-refractivity contribution in [1.29, 1.82) is 0 Å². The van der Waals surface area contributed by atoms with Crippen molar-refractivity contribution in [1.82, 2.24) is 0 Å². The van der Waals surface area contributed by atoms with Gasteiger partial charge in [-0.1, -0.05) is 0 Å². The van der Waals surface area contributed by atoms with Gasteiger partial charge in [0.1, 0.15) is 0 Å². The highest BCUT2D eigenvalue weighted by atomic mass is 16.7. The zero-order valence-corrected chi connectivity index (χ0v) is 14.2. The van der Waals surface area contributed by atoms with E-state index in [4.69, 9.17) is 14.2 Å². The summed E-state index contributed by atoms with van der Waals surface area (Å²) in [4.78, 5) is 45.9. The monoisotopic (exact) mass is 364 g/mol. The maximum absolute atomic E-state index is 11.9. The number of benzene rings is 1. The number of hydrogen-bond acceptors (Lipinski definition) is 9. The third-order valence-electron chi connectivity index (χ3n) is 3.14. The Bertz CT molecular complexity index is 790. The maximum atomic E-state index is 11.9. The Labute approximate surface area is 147 Å². The van der Waals surface area contributed by atoms with Crippen LogP contribution >= 0.6 is 0 Å². The molecule has 0 aliphatic carbocycles. The number of carbonyl (C=O) groups is 3. The van der Waals surface area contributed by atoms with Gasteiger partial charge in [-0.15, -0.1) is 0 Å². The van der Waals surface area contributed by atoms with E-state index in [-0.39, 0.29) is 23.5 Å². The van der Waals surface area contributed by atoms with Gasteiger partial charge in [0.25, 0.3) is 11.5 Å². The second-order valence-electron chi connectivity index (χ2n) is 5.63. The third kappa shape index (κ3) is 4.35. The van der Waals surface area contributed by atoms with Gasteiger partial charge in [-0.25, -0.2) is 14.4 Å². The fourth-order valence-corrected chi connectivity index (χ4v) is 2.07. The molecule has 0 amide bonds. The molecule has 0 saturated carbocycles. The zero-order chi connectivity index (χ0) is 19.5. The molecule has 0 aromatic heterocycles. The first-order chi connectivity index (χ1) is 12.1. The van der Waals surface area contributed by atoms with E-state index in [0.717, 1.165) is 18.3 Å². The lowest BCUT2D eigenvalue weighted by Gasteiger charge is -2.29. The molecule has 1 N–H and O–H groups in total. The first-order valence-electron chi connectivity index (χ1n) is 7.53. The quantitative estimate of drug-likeness (QED) is 0.273. The van der Waals surface area contributed by atoms with Crippen molar-refractivity contribution in [2.45, 2.75) is 26.6 Å². The van der Waals surface area contributed by atoms with Crippen molar-refractivity contribution >= 4 is 29.3 Å². The number of anilines is 1. The number of esters is 3. The lowest BCUT2D eigenvalue weighted by atomic mass is 10.1. The van der Waals surface area contributed by atoms with Crippen LogP contribution in [0.1, 0.15) is 31.1 Å². The SMILES string of the molecule is CCOC(=O)c1cc(NC=C2C(=O)OC(C)(C)OC2=O)cc([N+](=O)[O-])c1. The Kier molecular flexibility index (Phi) is 5.24. The summed E-state index contributed by atoms with van der Waals surface area (Å²) in [5.41, 5.74) is -0.753. The lowest BCUT2D eigenvalue weighted by Crippen LogP contribution is -2.42. The summed E-state index contributed by atoms with van der Waals surface area (Å²) in [6, 6.07) is 3.47. The minimum absolute atomic E-state index is 0.0584. The number of rotatable bonds is 5. The predicted octanol–water partition coefficient (Wildman–Crippen LogP) is 1.90. The molecule has 2 rings (SSSR count). The molecule has 138 valence electrons. The fraction of sp³-hybridized carbons (Fsp3) is 0.312. The molecular formula is C16H16N2O8. The molecule has 26 heavy (non-hydrogen) atoms. The van der Waals surface area contributed by atoms with Gasteiger partial charge in [0, 0.05) is 37.9 Å². The third-order valence-corrected chi connectivity index (χ3v) is 3.14. The number of hydrogen-bond donors (Lipinski definition) is 1. The summed E-state index contributed by atoms with van der Waals surface area (Å²) in [5, 5.41) is 13.6. The summed E-state index contributed by atoms with van der Waals surface area (Å²) in [5.74, 6) is -3.94. The number of ether oxygens (including phenoxy) is 3. The standard InChI is InChI=1S/C16H16N2O8/c1-4-24-13(19)9-5-10(7-11(6-9)18(22)23)17-8-12-14(20)25-16(2,3)26-15(12)21/h5-8,17H,4H2,1-3H3. The van der Waals surface area contributed by atoms with Crippen LogP contribution in [0.3, 0.4) is 0 Å². The molecule has 1 aromatic rings. The van der Waals surface area contributed by atoms with E-state index in [0.29, 0.717) is 0 Å². The number of cyclic esters (lactones) is 2. The van der Waals surface area contributed by atoms with Gasteiger partial charge in [-0.3, -0.25) is 10.1 Å². The number of nitro groups is 1. The molecule has 1 fully saturated rings. The summed E-state index contributed by atoms with van der Waals surface area (Å²) < 4.78 is 14.7. The summed E-state index contributed by atoms with van der Waals surface area (Å²) in [7, 11) is 0. The number of nitrogens with zero attached hydrogens (tertiary/aromatic N) is 1.